The van der Waals surface area contributed by atoms with Gasteiger partial charge in [0, 0.05) is 19.6 Å². The summed E-state index contributed by atoms with van der Waals surface area (Å²) in [6.07, 6.45) is 0.869. The van der Waals surface area contributed by atoms with Gasteiger partial charge in [0.25, 0.3) is 0 Å². The van der Waals surface area contributed by atoms with Crippen molar-refractivity contribution in [3.8, 4) is 5.75 Å². The van der Waals surface area contributed by atoms with Crippen molar-refractivity contribution in [1.82, 2.24) is 0 Å². The van der Waals surface area contributed by atoms with Gasteiger partial charge in [0.1, 0.15) is 12.4 Å². The van der Waals surface area contributed by atoms with Crippen LogP contribution in [0.2, 0.25) is 0 Å². The Kier molecular flexibility index (Phi) is 8.34. The molecule has 0 amide bonds. The first-order chi connectivity index (χ1) is 10.1. The van der Waals surface area contributed by atoms with Gasteiger partial charge >= 0.3 is 5.97 Å². The van der Waals surface area contributed by atoms with Gasteiger partial charge in [0.15, 0.2) is 0 Å². The van der Waals surface area contributed by atoms with E-state index in [2.05, 4.69) is 15.9 Å². The summed E-state index contributed by atoms with van der Waals surface area (Å²) in [5.74, 6) is 0.528. The molecule has 6 heteroatoms. The van der Waals surface area contributed by atoms with Crippen LogP contribution in [-0.2, 0) is 14.3 Å². The number of methoxy groups -OCH3 is 1. The molecule has 21 heavy (non-hydrogen) atoms. The predicted octanol–water partition coefficient (Wildman–Crippen LogP) is 2.82. The standard InChI is InChI=1S/C15H22BrNO4/c1-3-20-15(18)7-5-13(17)11-4-6-14(12(16)10-11)21-9-8-19-2/h4,6,10,13H,3,5,7-9,17H2,1-2H3. The number of hydrogen-bond acceptors (Lipinski definition) is 5. The molecule has 1 rings (SSSR count). The summed E-state index contributed by atoms with van der Waals surface area (Å²) in [5.41, 5.74) is 7.04. The van der Waals surface area contributed by atoms with Crippen molar-refractivity contribution in [1.29, 1.82) is 0 Å². The topological polar surface area (TPSA) is 70.8 Å². The van der Waals surface area contributed by atoms with Crippen molar-refractivity contribution in [3.63, 3.8) is 0 Å². The van der Waals surface area contributed by atoms with Crippen LogP contribution >= 0.6 is 15.9 Å². The first-order valence-corrected chi connectivity index (χ1v) is 7.70. The minimum Gasteiger partial charge on any atom is -0.490 e. The van der Waals surface area contributed by atoms with Crippen LogP contribution in [0.15, 0.2) is 22.7 Å². The molecule has 0 saturated heterocycles. The van der Waals surface area contributed by atoms with E-state index in [0.29, 0.717) is 32.7 Å². The third kappa shape index (κ3) is 6.46. The van der Waals surface area contributed by atoms with Crippen LogP contribution in [0.25, 0.3) is 0 Å². The Hall–Kier alpha value is -1.11. The van der Waals surface area contributed by atoms with Crippen LogP contribution in [0, 0.1) is 0 Å². The maximum absolute atomic E-state index is 11.3. The Morgan fingerprint density at radius 3 is 2.76 bits per heavy atom. The van der Waals surface area contributed by atoms with Gasteiger partial charge in [0.2, 0.25) is 0 Å². The number of halogens is 1. The second-order valence-corrected chi connectivity index (χ2v) is 5.34. The van der Waals surface area contributed by atoms with Crippen molar-refractivity contribution >= 4 is 21.9 Å². The molecule has 1 aromatic rings. The molecule has 0 saturated carbocycles. The van der Waals surface area contributed by atoms with Gasteiger partial charge in [-0.1, -0.05) is 6.07 Å². The van der Waals surface area contributed by atoms with Gasteiger partial charge < -0.3 is 19.9 Å². The molecular formula is C15H22BrNO4. The zero-order chi connectivity index (χ0) is 15.7. The highest BCUT2D eigenvalue weighted by molar-refractivity contribution is 9.10. The average Bonchev–Trinajstić information content (AvgIpc) is 2.47. The zero-order valence-electron chi connectivity index (χ0n) is 12.4. The van der Waals surface area contributed by atoms with Crippen molar-refractivity contribution in [2.45, 2.75) is 25.8 Å². The van der Waals surface area contributed by atoms with Gasteiger partial charge in [-0.3, -0.25) is 4.79 Å². The molecule has 1 aromatic carbocycles. The van der Waals surface area contributed by atoms with Crippen molar-refractivity contribution in [2.75, 3.05) is 26.9 Å². The fourth-order valence-electron chi connectivity index (χ4n) is 1.77. The molecule has 0 aliphatic carbocycles. The van der Waals surface area contributed by atoms with Gasteiger partial charge in [-0.25, -0.2) is 0 Å². The van der Waals surface area contributed by atoms with Crippen LogP contribution in [0.3, 0.4) is 0 Å². The number of hydrogen-bond donors (Lipinski definition) is 1. The number of carbonyl (C=O) groups excluding carboxylic acids is 1. The van der Waals surface area contributed by atoms with E-state index in [4.69, 9.17) is 19.9 Å². The lowest BCUT2D eigenvalue weighted by atomic mass is 10.0. The Morgan fingerprint density at radius 2 is 2.14 bits per heavy atom. The monoisotopic (exact) mass is 359 g/mol. The number of nitrogens with two attached hydrogens (primary N) is 1. The highest BCUT2D eigenvalue weighted by Gasteiger charge is 2.12. The van der Waals surface area contributed by atoms with E-state index in [1.807, 2.05) is 18.2 Å². The van der Waals surface area contributed by atoms with Gasteiger partial charge in [-0.2, -0.15) is 0 Å². The molecule has 0 aromatic heterocycles. The Morgan fingerprint density at radius 1 is 1.38 bits per heavy atom. The van der Waals surface area contributed by atoms with E-state index in [0.717, 1.165) is 15.8 Å². The molecule has 1 unspecified atom stereocenters. The number of esters is 1. The average molecular weight is 360 g/mol. The van der Waals surface area contributed by atoms with Crippen LogP contribution in [-0.4, -0.2) is 32.9 Å². The number of rotatable bonds is 9. The molecule has 1 atom stereocenters. The molecule has 2 N–H and O–H groups in total. The van der Waals surface area contributed by atoms with Crippen molar-refractivity contribution in [3.05, 3.63) is 28.2 Å². The van der Waals surface area contributed by atoms with E-state index >= 15 is 0 Å². The second kappa shape index (κ2) is 9.76. The molecule has 0 aliphatic rings. The molecule has 0 heterocycles. The Labute approximate surface area is 133 Å². The van der Waals surface area contributed by atoms with E-state index in [-0.39, 0.29) is 12.0 Å². The molecule has 0 radical (unpaired) electrons. The summed E-state index contributed by atoms with van der Waals surface area (Å²) >= 11 is 3.46. The Bertz CT molecular complexity index is 453. The smallest absolute Gasteiger partial charge is 0.305 e. The molecule has 5 nitrogen and oxygen atoms in total. The van der Waals surface area contributed by atoms with E-state index in [1.54, 1.807) is 14.0 Å². The van der Waals surface area contributed by atoms with Crippen molar-refractivity contribution in [2.24, 2.45) is 5.73 Å². The van der Waals surface area contributed by atoms with Crippen LogP contribution < -0.4 is 10.5 Å². The highest BCUT2D eigenvalue weighted by Crippen LogP contribution is 2.29. The van der Waals surface area contributed by atoms with E-state index in [9.17, 15) is 4.79 Å². The maximum atomic E-state index is 11.3. The van der Waals surface area contributed by atoms with Crippen LogP contribution in [0.1, 0.15) is 31.4 Å². The third-order valence-corrected chi connectivity index (χ3v) is 3.51. The van der Waals surface area contributed by atoms with Gasteiger partial charge in [-0.15, -0.1) is 0 Å². The number of carbonyl (C=O) groups is 1. The summed E-state index contributed by atoms with van der Waals surface area (Å²) in [5, 5.41) is 0. The normalized spacial score (nSPS) is 12.0. The number of benzene rings is 1. The van der Waals surface area contributed by atoms with Crippen molar-refractivity contribution < 1.29 is 19.0 Å². The molecule has 0 aliphatic heterocycles. The molecular weight excluding hydrogens is 338 g/mol. The summed E-state index contributed by atoms with van der Waals surface area (Å²) < 4.78 is 16.2. The quantitative estimate of drug-likeness (QED) is 0.542. The fourth-order valence-corrected chi connectivity index (χ4v) is 2.28. The Balaban J connectivity index is 2.55. The minimum absolute atomic E-state index is 0.210. The summed E-state index contributed by atoms with van der Waals surface area (Å²) in [7, 11) is 1.63. The lowest BCUT2D eigenvalue weighted by Gasteiger charge is -2.14. The van der Waals surface area contributed by atoms with Crippen LogP contribution in [0.5, 0.6) is 5.75 Å². The second-order valence-electron chi connectivity index (χ2n) is 4.48. The van der Waals surface area contributed by atoms with Crippen LogP contribution in [0.4, 0.5) is 0 Å². The largest absolute Gasteiger partial charge is 0.490 e. The molecule has 118 valence electrons. The zero-order valence-corrected chi connectivity index (χ0v) is 14.0. The predicted molar refractivity (Wildman–Crippen MR) is 84.3 cm³/mol. The SMILES string of the molecule is CCOC(=O)CCC(N)c1ccc(OCCOC)c(Br)c1. The molecule has 0 fully saturated rings. The molecule has 0 spiro atoms. The summed E-state index contributed by atoms with van der Waals surface area (Å²) in [4.78, 5) is 11.3. The van der Waals surface area contributed by atoms with Gasteiger partial charge in [-0.05, 0) is 47.0 Å². The van der Waals surface area contributed by atoms with E-state index in [1.165, 1.54) is 0 Å². The van der Waals surface area contributed by atoms with Gasteiger partial charge in [0.05, 0.1) is 17.7 Å². The molecule has 0 bridgehead atoms. The summed E-state index contributed by atoms with van der Waals surface area (Å²) in [6, 6.07) is 5.47. The third-order valence-electron chi connectivity index (χ3n) is 2.89. The lowest BCUT2D eigenvalue weighted by molar-refractivity contribution is -0.143. The maximum Gasteiger partial charge on any atom is 0.305 e. The number of ether oxygens (including phenoxy) is 3. The minimum atomic E-state index is -0.216. The first-order valence-electron chi connectivity index (χ1n) is 6.90. The summed E-state index contributed by atoms with van der Waals surface area (Å²) in [6.45, 7) is 3.21. The lowest BCUT2D eigenvalue weighted by Crippen LogP contribution is -2.14. The first kappa shape index (κ1) is 17.9. The fraction of sp³-hybridized carbons (Fsp3) is 0.533. The van der Waals surface area contributed by atoms with E-state index < -0.39 is 0 Å². The highest BCUT2D eigenvalue weighted by atomic mass is 79.9.